The average molecular weight is 486 g/mol. The molecule has 7 heteroatoms. The lowest BCUT2D eigenvalue weighted by molar-refractivity contribution is -0.118. The van der Waals surface area contributed by atoms with Crippen LogP contribution in [0.1, 0.15) is 30.5 Å². The van der Waals surface area contributed by atoms with Crippen molar-refractivity contribution < 1.29 is 4.79 Å². The number of anilines is 1. The van der Waals surface area contributed by atoms with Gasteiger partial charge < -0.3 is 9.47 Å². The van der Waals surface area contributed by atoms with Gasteiger partial charge in [-0.05, 0) is 56.2 Å². The Morgan fingerprint density at radius 2 is 1.74 bits per heavy atom. The van der Waals surface area contributed by atoms with E-state index >= 15 is 0 Å². The molecule has 3 aromatic carbocycles. The Kier molecular flexibility index (Phi) is 8.21. The van der Waals surface area contributed by atoms with Gasteiger partial charge in [-0.25, -0.2) is 10.4 Å². The van der Waals surface area contributed by atoms with E-state index in [1.807, 2.05) is 30.3 Å². The van der Waals surface area contributed by atoms with Crippen LogP contribution in [0, 0.1) is 6.92 Å². The molecule has 1 heterocycles. The molecule has 180 valence electrons. The second-order valence-electron chi connectivity index (χ2n) is 8.30. The maximum absolute atomic E-state index is 12.5. The molecule has 1 N–H and O–H groups in total. The molecule has 0 atom stereocenters. The van der Waals surface area contributed by atoms with Crippen LogP contribution in [0.3, 0.4) is 0 Å². The first-order chi connectivity index (χ1) is 17.1. The molecular formula is C28H31N5OS. The summed E-state index contributed by atoms with van der Waals surface area (Å²) in [5.74, 6) is 0.0649. The number of aryl methyl sites for hydroxylation is 1. The summed E-state index contributed by atoms with van der Waals surface area (Å²) >= 11 is 1.42. The highest BCUT2D eigenvalue weighted by Crippen LogP contribution is 2.25. The van der Waals surface area contributed by atoms with E-state index in [0.29, 0.717) is 6.54 Å². The lowest BCUT2D eigenvalue weighted by atomic mass is 10.1. The molecule has 0 unspecified atom stereocenters. The Hall–Kier alpha value is -3.58. The van der Waals surface area contributed by atoms with Crippen LogP contribution in [-0.4, -0.2) is 40.5 Å². The quantitative estimate of drug-likeness (QED) is 0.184. The largest absolute Gasteiger partial charge is 0.372 e. The predicted molar refractivity (Wildman–Crippen MR) is 146 cm³/mol. The SMILES string of the molecule is CCN(CC)c1ccc(/C=N/NC(=O)CSc2nc3ccccc3n2Cc2ccc(C)cc2)cc1. The predicted octanol–water partition coefficient (Wildman–Crippen LogP) is 5.48. The molecule has 0 bridgehead atoms. The van der Waals surface area contributed by atoms with E-state index in [1.165, 1.54) is 28.6 Å². The minimum absolute atomic E-state index is 0.167. The van der Waals surface area contributed by atoms with Gasteiger partial charge in [0.25, 0.3) is 5.91 Å². The smallest absolute Gasteiger partial charge is 0.250 e. The maximum atomic E-state index is 12.5. The van der Waals surface area contributed by atoms with Crippen molar-refractivity contribution in [3.05, 3.63) is 89.5 Å². The number of carbonyl (C=O) groups is 1. The summed E-state index contributed by atoms with van der Waals surface area (Å²) in [7, 11) is 0. The van der Waals surface area contributed by atoms with Crippen LogP contribution in [0.4, 0.5) is 5.69 Å². The average Bonchev–Trinajstić information content (AvgIpc) is 3.23. The number of imidazole rings is 1. The number of nitrogens with one attached hydrogen (secondary N) is 1. The molecule has 0 aliphatic heterocycles. The monoisotopic (exact) mass is 485 g/mol. The van der Waals surface area contributed by atoms with E-state index in [0.717, 1.165) is 34.8 Å². The number of carbonyl (C=O) groups excluding carboxylic acids is 1. The summed E-state index contributed by atoms with van der Waals surface area (Å²) in [6, 6.07) is 24.7. The normalized spacial score (nSPS) is 11.3. The number of hydrogen-bond donors (Lipinski definition) is 1. The number of rotatable bonds is 10. The third kappa shape index (κ3) is 6.31. The number of para-hydroxylation sites is 2. The van der Waals surface area contributed by atoms with Crippen LogP contribution >= 0.6 is 11.8 Å². The fourth-order valence-corrected chi connectivity index (χ4v) is 4.70. The minimum atomic E-state index is -0.167. The Balaban J connectivity index is 1.38. The number of hydrogen-bond acceptors (Lipinski definition) is 5. The standard InChI is InChI=1S/C28H31N5OS/c1-4-32(5-2)24-16-14-22(15-17-24)18-29-31-27(34)20-35-28-30-25-8-6-7-9-26(25)33(28)19-23-12-10-21(3)11-13-23/h6-18H,4-5,19-20H2,1-3H3,(H,31,34)/b29-18+. The van der Waals surface area contributed by atoms with E-state index in [2.05, 4.69) is 83.2 Å². The molecule has 4 aromatic rings. The molecule has 0 radical (unpaired) electrons. The van der Waals surface area contributed by atoms with Gasteiger partial charge in [0, 0.05) is 18.8 Å². The van der Waals surface area contributed by atoms with Gasteiger partial charge in [-0.2, -0.15) is 5.10 Å². The Morgan fingerprint density at radius 1 is 1.03 bits per heavy atom. The Labute approximate surface area is 211 Å². The lowest BCUT2D eigenvalue weighted by Crippen LogP contribution is -2.21. The highest BCUT2D eigenvalue weighted by Gasteiger charge is 2.13. The molecule has 0 fully saturated rings. The van der Waals surface area contributed by atoms with Gasteiger partial charge in [0.05, 0.1) is 29.5 Å². The second kappa shape index (κ2) is 11.7. The molecule has 35 heavy (non-hydrogen) atoms. The summed E-state index contributed by atoms with van der Waals surface area (Å²) in [6.45, 7) is 9.01. The van der Waals surface area contributed by atoms with Crippen molar-refractivity contribution in [1.82, 2.24) is 15.0 Å². The number of fused-ring (bicyclic) bond motifs is 1. The summed E-state index contributed by atoms with van der Waals surface area (Å²) in [4.78, 5) is 19.5. The molecule has 0 aliphatic rings. The van der Waals surface area contributed by atoms with E-state index < -0.39 is 0 Å². The molecule has 1 aromatic heterocycles. The van der Waals surface area contributed by atoms with Crippen LogP contribution in [-0.2, 0) is 11.3 Å². The van der Waals surface area contributed by atoms with Gasteiger partial charge in [-0.15, -0.1) is 0 Å². The Morgan fingerprint density at radius 3 is 2.46 bits per heavy atom. The molecule has 4 rings (SSSR count). The number of benzene rings is 3. The summed E-state index contributed by atoms with van der Waals surface area (Å²) in [5, 5.41) is 4.95. The molecule has 0 saturated heterocycles. The van der Waals surface area contributed by atoms with Gasteiger partial charge in [0.2, 0.25) is 0 Å². The number of aromatic nitrogens is 2. The van der Waals surface area contributed by atoms with Gasteiger partial charge >= 0.3 is 0 Å². The minimum Gasteiger partial charge on any atom is -0.372 e. The zero-order chi connectivity index (χ0) is 24.6. The van der Waals surface area contributed by atoms with Crippen molar-refractivity contribution in [3.63, 3.8) is 0 Å². The van der Waals surface area contributed by atoms with Crippen LogP contribution in [0.5, 0.6) is 0 Å². The molecule has 0 saturated carbocycles. The number of hydrazone groups is 1. The van der Waals surface area contributed by atoms with Crippen molar-refractivity contribution in [3.8, 4) is 0 Å². The van der Waals surface area contributed by atoms with Gasteiger partial charge in [0.1, 0.15) is 0 Å². The maximum Gasteiger partial charge on any atom is 0.250 e. The third-order valence-electron chi connectivity index (χ3n) is 5.84. The molecule has 0 aliphatic carbocycles. The summed E-state index contributed by atoms with van der Waals surface area (Å²) in [5.41, 5.74) is 9.16. The molecule has 6 nitrogen and oxygen atoms in total. The van der Waals surface area contributed by atoms with Crippen molar-refractivity contribution in [2.24, 2.45) is 5.10 Å². The second-order valence-corrected chi connectivity index (χ2v) is 9.24. The zero-order valence-corrected chi connectivity index (χ0v) is 21.3. The van der Waals surface area contributed by atoms with Crippen molar-refractivity contribution in [2.75, 3.05) is 23.7 Å². The molecular weight excluding hydrogens is 454 g/mol. The zero-order valence-electron chi connectivity index (χ0n) is 20.4. The Bertz CT molecular complexity index is 1290. The third-order valence-corrected chi connectivity index (χ3v) is 6.81. The number of thioether (sulfide) groups is 1. The summed E-state index contributed by atoms with van der Waals surface area (Å²) < 4.78 is 2.17. The van der Waals surface area contributed by atoms with Crippen molar-refractivity contribution in [1.29, 1.82) is 0 Å². The fraction of sp³-hybridized carbons (Fsp3) is 0.250. The fourth-order valence-electron chi connectivity index (χ4n) is 3.89. The van der Waals surface area contributed by atoms with E-state index in [4.69, 9.17) is 4.98 Å². The van der Waals surface area contributed by atoms with Crippen LogP contribution < -0.4 is 10.3 Å². The number of amides is 1. The van der Waals surface area contributed by atoms with Crippen LogP contribution in [0.2, 0.25) is 0 Å². The van der Waals surface area contributed by atoms with Gasteiger partial charge in [-0.3, -0.25) is 4.79 Å². The highest BCUT2D eigenvalue weighted by atomic mass is 32.2. The van der Waals surface area contributed by atoms with E-state index in [9.17, 15) is 4.79 Å². The van der Waals surface area contributed by atoms with Gasteiger partial charge in [-0.1, -0.05) is 65.9 Å². The topological polar surface area (TPSA) is 62.5 Å². The van der Waals surface area contributed by atoms with Crippen LogP contribution in [0.25, 0.3) is 11.0 Å². The van der Waals surface area contributed by atoms with Gasteiger partial charge in [0.15, 0.2) is 5.16 Å². The first-order valence-corrected chi connectivity index (χ1v) is 12.9. The van der Waals surface area contributed by atoms with Crippen molar-refractivity contribution >= 4 is 40.6 Å². The first-order valence-electron chi connectivity index (χ1n) is 11.9. The van der Waals surface area contributed by atoms with E-state index in [1.54, 1.807) is 6.21 Å². The van der Waals surface area contributed by atoms with Crippen LogP contribution in [0.15, 0.2) is 83.1 Å². The number of nitrogens with zero attached hydrogens (tertiary/aromatic N) is 4. The summed E-state index contributed by atoms with van der Waals surface area (Å²) in [6.07, 6.45) is 1.67. The van der Waals surface area contributed by atoms with Crippen molar-refractivity contribution in [2.45, 2.75) is 32.5 Å². The highest BCUT2D eigenvalue weighted by molar-refractivity contribution is 7.99. The van der Waals surface area contributed by atoms with E-state index in [-0.39, 0.29) is 11.7 Å². The molecule has 1 amide bonds. The lowest BCUT2D eigenvalue weighted by Gasteiger charge is -2.20. The first kappa shape index (κ1) is 24.5. The molecule has 0 spiro atoms.